The van der Waals surface area contributed by atoms with Crippen LogP contribution in [0.1, 0.15) is 11.3 Å². The van der Waals surface area contributed by atoms with Crippen molar-refractivity contribution >= 4 is 27.4 Å². The van der Waals surface area contributed by atoms with Gasteiger partial charge >= 0.3 is 0 Å². The van der Waals surface area contributed by atoms with Gasteiger partial charge in [-0.1, -0.05) is 6.07 Å². The Morgan fingerprint density at radius 1 is 1.38 bits per heavy atom. The number of fused-ring (bicyclic) bond motifs is 1. The lowest BCUT2D eigenvalue weighted by Crippen LogP contribution is -2.50. The van der Waals surface area contributed by atoms with Gasteiger partial charge in [-0.2, -0.15) is 0 Å². The Labute approximate surface area is 148 Å². The second-order valence-corrected chi connectivity index (χ2v) is 7.24. The van der Waals surface area contributed by atoms with Crippen LogP contribution in [0.5, 0.6) is 0 Å². The molecule has 0 unspecified atom stereocenters. The summed E-state index contributed by atoms with van der Waals surface area (Å²) in [7, 11) is 1.73. The number of nitrogens with zero attached hydrogens (tertiary/aromatic N) is 3. The van der Waals surface area contributed by atoms with E-state index in [1.807, 2.05) is 6.07 Å². The number of rotatable bonds is 3. The van der Waals surface area contributed by atoms with Gasteiger partial charge in [-0.25, -0.2) is 4.98 Å². The quantitative estimate of drug-likeness (QED) is 0.868. The number of pyridine rings is 2. The standard InChI is InChI=1S/C17H19BrN4O2/c1-21-8-12(18)6-15(17(21)23)20-16-3-2-11-7-22(13-9-24-10-13)5-4-14(11)19-16/h2-3,6,8,13H,4-5,7,9-10H2,1H3,(H,19,20). The molecule has 1 fully saturated rings. The highest BCUT2D eigenvalue weighted by Crippen LogP contribution is 2.24. The highest BCUT2D eigenvalue weighted by atomic mass is 79.9. The van der Waals surface area contributed by atoms with Gasteiger partial charge in [0.25, 0.3) is 5.56 Å². The highest BCUT2D eigenvalue weighted by Gasteiger charge is 2.29. The molecule has 24 heavy (non-hydrogen) atoms. The first-order chi connectivity index (χ1) is 11.6. The smallest absolute Gasteiger partial charge is 0.274 e. The monoisotopic (exact) mass is 390 g/mol. The zero-order valence-corrected chi connectivity index (χ0v) is 15.0. The average Bonchev–Trinajstić information content (AvgIpc) is 2.50. The Balaban J connectivity index is 1.55. The van der Waals surface area contributed by atoms with Crippen LogP contribution in [-0.4, -0.2) is 40.3 Å². The third-order valence-electron chi connectivity index (χ3n) is 4.63. The lowest BCUT2D eigenvalue weighted by molar-refractivity contribution is -0.0696. The normalized spacial score (nSPS) is 18.1. The van der Waals surface area contributed by atoms with Crippen molar-refractivity contribution < 1.29 is 4.74 Å². The molecule has 2 aromatic rings. The van der Waals surface area contributed by atoms with E-state index in [1.165, 1.54) is 5.56 Å². The summed E-state index contributed by atoms with van der Waals surface area (Å²) in [6.45, 7) is 3.62. The van der Waals surface area contributed by atoms with Gasteiger partial charge in [-0.15, -0.1) is 0 Å². The Hall–Kier alpha value is -1.70. The first kappa shape index (κ1) is 15.8. The van der Waals surface area contributed by atoms with Gasteiger partial charge in [0.1, 0.15) is 11.5 Å². The van der Waals surface area contributed by atoms with Crippen LogP contribution in [0.4, 0.5) is 11.5 Å². The van der Waals surface area contributed by atoms with Crippen molar-refractivity contribution in [3.8, 4) is 0 Å². The molecule has 0 radical (unpaired) electrons. The minimum atomic E-state index is -0.0751. The molecule has 4 heterocycles. The first-order valence-corrected chi connectivity index (χ1v) is 8.83. The molecule has 0 bridgehead atoms. The predicted octanol–water partition coefficient (Wildman–Crippen LogP) is 2.04. The molecule has 0 amide bonds. The Kier molecular flexibility index (Phi) is 4.15. The largest absolute Gasteiger partial charge is 0.378 e. The number of anilines is 2. The third-order valence-corrected chi connectivity index (χ3v) is 5.06. The SMILES string of the molecule is Cn1cc(Br)cc(Nc2ccc3c(n2)CCN(C2COC2)C3)c1=O. The zero-order valence-electron chi connectivity index (χ0n) is 13.5. The topological polar surface area (TPSA) is 59.4 Å². The summed E-state index contributed by atoms with van der Waals surface area (Å²) in [5, 5.41) is 3.15. The minimum Gasteiger partial charge on any atom is -0.378 e. The molecule has 1 N–H and O–H groups in total. The second kappa shape index (κ2) is 6.31. The van der Waals surface area contributed by atoms with Gasteiger partial charge in [0, 0.05) is 42.9 Å². The van der Waals surface area contributed by atoms with Crippen LogP contribution in [0.2, 0.25) is 0 Å². The molecule has 2 aromatic heterocycles. The van der Waals surface area contributed by atoms with E-state index in [0.717, 1.165) is 42.9 Å². The van der Waals surface area contributed by atoms with E-state index >= 15 is 0 Å². The van der Waals surface area contributed by atoms with E-state index in [0.29, 0.717) is 17.5 Å². The number of nitrogens with one attached hydrogen (secondary N) is 1. The van der Waals surface area contributed by atoms with Crippen molar-refractivity contribution in [3.63, 3.8) is 0 Å². The molecule has 0 aliphatic carbocycles. The van der Waals surface area contributed by atoms with Gasteiger partial charge in [-0.05, 0) is 33.6 Å². The maximum atomic E-state index is 12.2. The number of halogens is 1. The van der Waals surface area contributed by atoms with Crippen LogP contribution >= 0.6 is 15.9 Å². The molecule has 7 heteroatoms. The zero-order chi connectivity index (χ0) is 16.7. The van der Waals surface area contributed by atoms with Gasteiger partial charge in [-0.3, -0.25) is 9.69 Å². The number of hydrogen-bond donors (Lipinski definition) is 1. The Bertz CT molecular complexity index is 832. The lowest BCUT2D eigenvalue weighted by Gasteiger charge is -2.39. The van der Waals surface area contributed by atoms with Crippen molar-refractivity contribution in [3.05, 3.63) is 50.5 Å². The van der Waals surface area contributed by atoms with Crippen molar-refractivity contribution in [1.82, 2.24) is 14.5 Å². The summed E-state index contributed by atoms with van der Waals surface area (Å²) in [4.78, 5) is 19.4. The number of ether oxygens (including phenoxy) is 1. The summed E-state index contributed by atoms with van der Waals surface area (Å²) in [6.07, 6.45) is 2.67. The summed E-state index contributed by atoms with van der Waals surface area (Å²) < 4.78 is 7.68. The van der Waals surface area contributed by atoms with Crippen molar-refractivity contribution in [1.29, 1.82) is 0 Å². The summed E-state index contributed by atoms with van der Waals surface area (Å²) in [6, 6.07) is 6.39. The van der Waals surface area contributed by atoms with Crippen LogP contribution in [-0.2, 0) is 24.8 Å². The number of aromatic nitrogens is 2. The number of hydrogen-bond acceptors (Lipinski definition) is 5. The van der Waals surface area contributed by atoms with Crippen molar-refractivity contribution in [2.45, 2.75) is 19.0 Å². The molecule has 4 rings (SSSR count). The highest BCUT2D eigenvalue weighted by molar-refractivity contribution is 9.10. The molecular weight excluding hydrogens is 372 g/mol. The summed E-state index contributed by atoms with van der Waals surface area (Å²) in [5.41, 5.74) is 2.82. The molecule has 126 valence electrons. The fourth-order valence-corrected chi connectivity index (χ4v) is 3.69. The van der Waals surface area contributed by atoms with E-state index in [9.17, 15) is 4.79 Å². The van der Waals surface area contributed by atoms with E-state index < -0.39 is 0 Å². The van der Waals surface area contributed by atoms with Crippen molar-refractivity contribution in [2.75, 3.05) is 25.1 Å². The summed E-state index contributed by atoms with van der Waals surface area (Å²) in [5.74, 6) is 0.712. The molecule has 6 nitrogen and oxygen atoms in total. The van der Waals surface area contributed by atoms with E-state index in [2.05, 4.69) is 32.2 Å². The minimum absolute atomic E-state index is 0.0751. The van der Waals surface area contributed by atoms with Gasteiger partial charge in [0.05, 0.1) is 19.3 Å². The van der Waals surface area contributed by atoms with E-state index in [-0.39, 0.29) is 5.56 Å². The summed E-state index contributed by atoms with van der Waals surface area (Å²) >= 11 is 3.42. The molecule has 1 saturated heterocycles. The second-order valence-electron chi connectivity index (χ2n) is 6.33. The Morgan fingerprint density at radius 2 is 2.21 bits per heavy atom. The van der Waals surface area contributed by atoms with Crippen LogP contribution in [0, 0.1) is 0 Å². The fourth-order valence-electron chi connectivity index (χ4n) is 3.15. The van der Waals surface area contributed by atoms with Gasteiger partial charge < -0.3 is 14.6 Å². The molecule has 0 saturated carbocycles. The van der Waals surface area contributed by atoms with Crippen LogP contribution < -0.4 is 10.9 Å². The fraction of sp³-hybridized carbons (Fsp3) is 0.412. The van der Waals surface area contributed by atoms with Crippen LogP contribution in [0.25, 0.3) is 0 Å². The van der Waals surface area contributed by atoms with Gasteiger partial charge in [0.2, 0.25) is 0 Å². The molecule has 0 atom stereocenters. The molecular formula is C17H19BrN4O2. The maximum absolute atomic E-state index is 12.2. The predicted molar refractivity (Wildman–Crippen MR) is 95.6 cm³/mol. The lowest BCUT2D eigenvalue weighted by atomic mass is 10.0. The van der Waals surface area contributed by atoms with E-state index in [4.69, 9.17) is 9.72 Å². The van der Waals surface area contributed by atoms with E-state index in [1.54, 1.807) is 23.9 Å². The molecule has 2 aliphatic rings. The van der Waals surface area contributed by atoms with Gasteiger partial charge in [0.15, 0.2) is 0 Å². The Morgan fingerprint density at radius 3 is 2.96 bits per heavy atom. The van der Waals surface area contributed by atoms with Crippen molar-refractivity contribution in [2.24, 2.45) is 7.05 Å². The first-order valence-electron chi connectivity index (χ1n) is 8.04. The van der Waals surface area contributed by atoms with Crippen LogP contribution in [0.3, 0.4) is 0 Å². The average molecular weight is 391 g/mol. The molecule has 0 aromatic carbocycles. The molecule has 0 spiro atoms. The number of aryl methyl sites for hydroxylation is 1. The van der Waals surface area contributed by atoms with Crippen LogP contribution in [0.15, 0.2) is 33.7 Å². The molecule has 2 aliphatic heterocycles. The third kappa shape index (κ3) is 2.99. The maximum Gasteiger partial charge on any atom is 0.274 e.